The van der Waals surface area contributed by atoms with Gasteiger partial charge in [0.15, 0.2) is 0 Å². The van der Waals surface area contributed by atoms with E-state index >= 15 is 0 Å². The molecule has 0 N–H and O–H groups in total. The molecule has 0 radical (unpaired) electrons. The summed E-state index contributed by atoms with van der Waals surface area (Å²) >= 11 is 3.40. The Bertz CT molecular complexity index is 279. The van der Waals surface area contributed by atoms with E-state index in [1.165, 1.54) is 5.56 Å². The largest absolute Gasteiger partial charge is 0.293 e. The summed E-state index contributed by atoms with van der Waals surface area (Å²) in [6, 6.07) is 8.12. The van der Waals surface area contributed by atoms with Crippen LogP contribution in [0.25, 0.3) is 0 Å². The molecule has 0 spiro atoms. The Morgan fingerprint density at radius 2 is 2.18 bits per heavy atom. The molecule has 0 aliphatic carbocycles. The third-order valence-electron chi connectivity index (χ3n) is 1.58. The first-order chi connectivity index (χ1) is 5.24. The first-order valence-electron chi connectivity index (χ1n) is 3.43. The monoisotopic (exact) mass is 211 g/mol. The van der Waals surface area contributed by atoms with Crippen molar-refractivity contribution in [2.24, 2.45) is 4.99 Å². The molecule has 0 aromatic heterocycles. The maximum Gasteiger partial charge on any atom is 0.0386 e. The molecule has 0 amide bonds. The van der Waals surface area contributed by atoms with Crippen molar-refractivity contribution in [3.8, 4) is 0 Å². The van der Waals surface area contributed by atoms with Gasteiger partial charge in [-0.25, -0.2) is 0 Å². The number of rotatable bonds is 1. The lowest BCUT2D eigenvalue weighted by molar-refractivity contribution is 1.41. The standard InChI is InChI=1S/C9H10BrN/c1-7(11-2)8-4-3-5-9(10)6-8/h3-6H,1-2H3. The summed E-state index contributed by atoms with van der Waals surface area (Å²) < 4.78 is 1.10. The molecule has 0 atom stereocenters. The molecular formula is C9H10BrN. The Hall–Kier alpha value is -0.630. The van der Waals surface area contributed by atoms with E-state index in [1.807, 2.05) is 25.1 Å². The predicted octanol–water partition coefficient (Wildman–Crippen LogP) is 2.89. The summed E-state index contributed by atoms with van der Waals surface area (Å²) in [5.41, 5.74) is 2.23. The molecule has 11 heavy (non-hydrogen) atoms. The topological polar surface area (TPSA) is 12.4 Å². The summed E-state index contributed by atoms with van der Waals surface area (Å²) in [5, 5.41) is 0. The van der Waals surface area contributed by atoms with Gasteiger partial charge < -0.3 is 0 Å². The number of benzene rings is 1. The maximum atomic E-state index is 4.10. The van der Waals surface area contributed by atoms with Gasteiger partial charge in [0, 0.05) is 17.2 Å². The van der Waals surface area contributed by atoms with E-state index in [0.717, 1.165) is 10.2 Å². The highest BCUT2D eigenvalue weighted by molar-refractivity contribution is 9.10. The third-order valence-corrected chi connectivity index (χ3v) is 2.07. The second-order valence-corrected chi connectivity index (χ2v) is 3.24. The lowest BCUT2D eigenvalue weighted by Crippen LogP contribution is -1.92. The Morgan fingerprint density at radius 1 is 1.45 bits per heavy atom. The fraction of sp³-hybridized carbons (Fsp3) is 0.222. The summed E-state index contributed by atoms with van der Waals surface area (Å²) in [6.07, 6.45) is 0. The van der Waals surface area contributed by atoms with Crippen molar-refractivity contribution in [1.29, 1.82) is 0 Å². The quantitative estimate of drug-likeness (QED) is 0.634. The van der Waals surface area contributed by atoms with E-state index in [1.54, 1.807) is 7.05 Å². The van der Waals surface area contributed by atoms with Gasteiger partial charge in [-0.3, -0.25) is 4.99 Å². The molecule has 0 aliphatic rings. The molecule has 0 fully saturated rings. The van der Waals surface area contributed by atoms with E-state index in [0.29, 0.717) is 0 Å². The van der Waals surface area contributed by atoms with Gasteiger partial charge in [0.2, 0.25) is 0 Å². The Balaban J connectivity index is 3.06. The van der Waals surface area contributed by atoms with E-state index in [2.05, 4.69) is 27.0 Å². The fourth-order valence-corrected chi connectivity index (χ4v) is 1.24. The van der Waals surface area contributed by atoms with Crippen LogP contribution in [-0.4, -0.2) is 12.8 Å². The van der Waals surface area contributed by atoms with Gasteiger partial charge in [-0.2, -0.15) is 0 Å². The predicted molar refractivity (Wildman–Crippen MR) is 52.3 cm³/mol. The zero-order chi connectivity index (χ0) is 8.27. The van der Waals surface area contributed by atoms with Crippen molar-refractivity contribution in [3.05, 3.63) is 34.3 Å². The smallest absolute Gasteiger partial charge is 0.0386 e. The van der Waals surface area contributed by atoms with Crippen LogP contribution in [0.4, 0.5) is 0 Å². The minimum Gasteiger partial charge on any atom is -0.293 e. The Kier molecular flexibility index (Phi) is 2.83. The second-order valence-electron chi connectivity index (χ2n) is 2.32. The van der Waals surface area contributed by atoms with Gasteiger partial charge in [-0.15, -0.1) is 0 Å². The van der Waals surface area contributed by atoms with Gasteiger partial charge in [-0.1, -0.05) is 28.1 Å². The highest BCUT2D eigenvalue weighted by Gasteiger charge is 1.94. The Labute approximate surface area is 75.3 Å². The lowest BCUT2D eigenvalue weighted by Gasteiger charge is -1.98. The molecule has 0 unspecified atom stereocenters. The highest BCUT2D eigenvalue weighted by atomic mass is 79.9. The number of hydrogen-bond donors (Lipinski definition) is 0. The molecular weight excluding hydrogens is 202 g/mol. The van der Waals surface area contributed by atoms with Crippen molar-refractivity contribution in [1.82, 2.24) is 0 Å². The minimum absolute atomic E-state index is 1.06. The lowest BCUT2D eigenvalue weighted by atomic mass is 10.1. The van der Waals surface area contributed by atoms with Crippen molar-refractivity contribution in [2.45, 2.75) is 6.92 Å². The van der Waals surface area contributed by atoms with E-state index < -0.39 is 0 Å². The number of halogens is 1. The molecule has 0 bridgehead atoms. The molecule has 1 aromatic carbocycles. The average molecular weight is 212 g/mol. The molecule has 1 aromatic rings. The molecule has 1 rings (SSSR count). The van der Waals surface area contributed by atoms with Gasteiger partial charge >= 0.3 is 0 Å². The van der Waals surface area contributed by atoms with Gasteiger partial charge in [0.05, 0.1) is 0 Å². The van der Waals surface area contributed by atoms with Crippen LogP contribution in [0.2, 0.25) is 0 Å². The summed E-state index contributed by atoms with van der Waals surface area (Å²) in [6.45, 7) is 2.00. The molecule has 58 valence electrons. The summed E-state index contributed by atoms with van der Waals surface area (Å²) in [7, 11) is 1.80. The van der Waals surface area contributed by atoms with Crippen LogP contribution in [0.3, 0.4) is 0 Å². The van der Waals surface area contributed by atoms with E-state index in [4.69, 9.17) is 0 Å². The van der Waals surface area contributed by atoms with Crippen LogP contribution in [-0.2, 0) is 0 Å². The molecule has 0 saturated carbocycles. The van der Waals surface area contributed by atoms with Crippen LogP contribution in [0, 0.1) is 0 Å². The van der Waals surface area contributed by atoms with Crippen LogP contribution < -0.4 is 0 Å². The number of aliphatic imine (C=N–C) groups is 1. The molecule has 0 aliphatic heterocycles. The van der Waals surface area contributed by atoms with Crippen molar-refractivity contribution >= 4 is 21.6 Å². The number of nitrogens with zero attached hydrogens (tertiary/aromatic N) is 1. The maximum absolute atomic E-state index is 4.10. The summed E-state index contributed by atoms with van der Waals surface area (Å²) in [5.74, 6) is 0. The first kappa shape index (κ1) is 8.47. The Morgan fingerprint density at radius 3 is 2.73 bits per heavy atom. The first-order valence-corrected chi connectivity index (χ1v) is 4.22. The zero-order valence-electron chi connectivity index (χ0n) is 6.63. The highest BCUT2D eigenvalue weighted by Crippen LogP contribution is 2.11. The van der Waals surface area contributed by atoms with Crippen molar-refractivity contribution in [3.63, 3.8) is 0 Å². The van der Waals surface area contributed by atoms with Crippen molar-refractivity contribution < 1.29 is 0 Å². The van der Waals surface area contributed by atoms with Crippen LogP contribution in [0.1, 0.15) is 12.5 Å². The van der Waals surface area contributed by atoms with Gasteiger partial charge in [0.1, 0.15) is 0 Å². The molecule has 0 saturated heterocycles. The average Bonchev–Trinajstić information content (AvgIpc) is 2.03. The minimum atomic E-state index is 1.06. The summed E-state index contributed by atoms with van der Waals surface area (Å²) in [4.78, 5) is 4.10. The third kappa shape index (κ3) is 2.15. The van der Waals surface area contributed by atoms with Crippen molar-refractivity contribution in [2.75, 3.05) is 7.05 Å². The van der Waals surface area contributed by atoms with Gasteiger partial charge in [0.25, 0.3) is 0 Å². The van der Waals surface area contributed by atoms with E-state index in [9.17, 15) is 0 Å². The molecule has 2 heteroatoms. The normalized spacial score (nSPS) is 11.7. The molecule has 0 heterocycles. The fourth-order valence-electron chi connectivity index (χ4n) is 0.843. The van der Waals surface area contributed by atoms with Gasteiger partial charge in [-0.05, 0) is 24.6 Å². The second kappa shape index (κ2) is 3.67. The van der Waals surface area contributed by atoms with E-state index in [-0.39, 0.29) is 0 Å². The van der Waals surface area contributed by atoms with Crippen LogP contribution >= 0.6 is 15.9 Å². The SMILES string of the molecule is CN=C(C)c1cccc(Br)c1. The number of hydrogen-bond acceptors (Lipinski definition) is 1. The van der Waals surface area contributed by atoms with Crippen LogP contribution in [0.15, 0.2) is 33.7 Å². The van der Waals surface area contributed by atoms with Crippen LogP contribution in [0.5, 0.6) is 0 Å². The molecule has 1 nitrogen and oxygen atoms in total. The zero-order valence-corrected chi connectivity index (χ0v) is 8.22.